The van der Waals surface area contributed by atoms with Crippen LogP contribution >= 0.6 is 11.6 Å². The van der Waals surface area contributed by atoms with Crippen LogP contribution in [0.4, 0.5) is 0 Å². The first kappa shape index (κ1) is 13.7. The van der Waals surface area contributed by atoms with Crippen LogP contribution in [0.3, 0.4) is 0 Å². The van der Waals surface area contributed by atoms with E-state index in [4.69, 9.17) is 17.3 Å². The van der Waals surface area contributed by atoms with Gasteiger partial charge in [-0.15, -0.1) is 0 Å². The molecule has 2 aromatic carbocycles. The minimum Gasteiger partial charge on any atom is -0.324 e. The van der Waals surface area contributed by atoms with Gasteiger partial charge in [-0.25, -0.2) is 0 Å². The Morgan fingerprint density at radius 1 is 1.05 bits per heavy atom. The molecule has 2 N–H and O–H groups in total. The fourth-order valence-electron chi connectivity index (χ4n) is 2.78. The molecule has 0 bridgehead atoms. The van der Waals surface area contributed by atoms with Crippen LogP contribution in [0.2, 0.25) is 5.02 Å². The van der Waals surface area contributed by atoms with E-state index in [1.165, 1.54) is 30.4 Å². The molecule has 1 aliphatic rings. The fourth-order valence-corrected chi connectivity index (χ4v) is 2.99. The maximum atomic E-state index is 6.31. The van der Waals surface area contributed by atoms with Gasteiger partial charge in [0.15, 0.2) is 0 Å². The Morgan fingerprint density at radius 3 is 2.35 bits per heavy atom. The van der Waals surface area contributed by atoms with Gasteiger partial charge in [0.2, 0.25) is 0 Å². The molecular weight excluding hydrogens is 266 g/mol. The van der Waals surface area contributed by atoms with Crippen LogP contribution in [0.5, 0.6) is 0 Å². The predicted molar refractivity (Wildman–Crippen MR) is 85.1 cm³/mol. The summed E-state index contributed by atoms with van der Waals surface area (Å²) in [6.45, 7) is 0. The minimum absolute atomic E-state index is 0.00494. The molecule has 1 atom stereocenters. The first-order chi connectivity index (χ1) is 9.74. The van der Waals surface area contributed by atoms with Crippen LogP contribution in [0.15, 0.2) is 48.5 Å². The lowest BCUT2D eigenvalue weighted by Crippen LogP contribution is -2.14. The van der Waals surface area contributed by atoms with E-state index in [-0.39, 0.29) is 6.04 Å². The SMILES string of the molecule is NC(Cc1ccccc1Cl)c1ccc(C2CCC2)cc1. The molecule has 1 nitrogen and oxygen atoms in total. The van der Waals surface area contributed by atoms with Crippen molar-refractivity contribution >= 4 is 11.6 Å². The maximum Gasteiger partial charge on any atom is 0.0438 e. The molecule has 1 fully saturated rings. The van der Waals surface area contributed by atoms with Crippen molar-refractivity contribution < 1.29 is 0 Å². The average Bonchev–Trinajstić information content (AvgIpc) is 2.40. The third-order valence-corrected chi connectivity index (χ3v) is 4.71. The van der Waals surface area contributed by atoms with Crippen molar-refractivity contribution in [1.29, 1.82) is 0 Å². The molecular formula is C18H20ClN. The van der Waals surface area contributed by atoms with Gasteiger partial charge >= 0.3 is 0 Å². The Hall–Kier alpha value is -1.31. The lowest BCUT2D eigenvalue weighted by atomic mass is 9.80. The second-order valence-corrected chi connectivity index (χ2v) is 6.10. The Balaban J connectivity index is 1.70. The van der Waals surface area contributed by atoms with E-state index in [9.17, 15) is 0 Å². The summed E-state index contributed by atoms with van der Waals surface area (Å²) in [5.41, 5.74) is 10.1. The van der Waals surface area contributed by atoms with Gasteiger partial charge in [-0.2, -0.15) is 0 Å². The van der Waals surface area contributed by atoms with E-state index in [2.05, 4.69) is 24.3 Å². The Labute approximate surface area is 125 Å². The normalized spacial score (nSPS) is 16.7. The molecule has 1 aliphatic carbocycles. The van der Waals surface area contributed by atoms with Gasteiger partial charge in [0.25, 0.3) is 0 Å². The lowest BCUT2D eigenvalue weighted by Gasteiger charge is -2.26. The zero-order valence-electron chi connectivity index (χ0n) is 11.6. The van der Waals surface area contributed by atoms with Crippen molar-refractivity contribution in [3.63, 3.8) is 0 Å². The quantitative estimate of drug-likeness (QED) is 0.854. The van der Waals surface area contributed by atoms with Gasteiger partial charge in [-0.3, -0.25) is 0 Å². The first-order valence-corrected chi connectivity index (χ1v) is 7.70. The topological polar surface area (TPSA) is 26.0 Å². The van der Waals surface area contributed by atoms with Crippen molar-refractivity contribution in [2.24, 2.45) is 5.73 Å². The van der Waals surface area contributed by atoms with Gasteiger partial charge < -0.3 is 5.73 Å². The standard InChI is InChI=1S/C18H20ClN/c19-17-7-2-1-4-16(17)12-18(20)15-10-8-14(9-11-15)13-5-3-6-13/h1-2,4,7-11,13,18H,3,5-6,12,20H2. The molecule has 20 heavy (non-hydrogen) atoms. The summed E-state index contributed by atoms with van der Waals surface area (Å²) in [6, 6.07) is 16.8. The minimum atomic E-state index is 0.00494. The summed E-state index contributed by atoms with van der Waals surface area (Å²) in [7, 11) is 0. The summed E-state index contributed by atoms with van der Waals surface area (Å²) in [4.78, 5) is 0. The van der Waals surface area contributed by atoms with Crippen LogP contribution in [0.1, 0.15) is 47.9 Å². The monoisotopic (exact) mass is 285 g/mol. The smallest absolute Gasteiger partial charge is 0.0438 e. The predicted octanol–water partition coefficient (Wildman–Crippen LogP) is 4.85. The number of benzene rings is 2. The van der Waals surface area contributed by atoms with Crippen LogP contribution in [-0.4, -0.2) is 0 Å². The average molecular weight is 286 g/mol. The molecule has 2 heteroatoms. The second-order valence-electron chi connectivity index (χ2n) is 5.70. The third kappa shape index (κ3) is 2.89. The largest absolute Gasteiger partial charge is 0.324 e. The van der Waals surface area contributed by atoms with Crippen molar-refractivity contribution in [1.82, 2.24) is 0 Å². The first-order valence-electron chi connectivity index (χ1n) is 7.33. The van der Waals surface area contributed by atoms with Crippen molar-refractivity contribution in [3.8, 4) is 0 Å². The molecule has 0 aromatic heterocycles. The Kier molecular flexibility index (Phi) is 4.09. The molecule has 3 rings (SSSR count). The molecule has 2 aromatic rings. The van der Waals surface area contributed by atoms with Gasteiger partial charge in [-0.1, -0.05) is 60.5 Å². The number of nitrogens with two attached hydrogens (primary N) is 1. The van der Waals surface area contributed by atoms with Gasteiger partial charge in [-0.05, 0) is 47.9 Å². The molecule has 0 spiro atoms. The number of rotatable bonds is 4. The lowest BCUT2D eigenvalue weighted by molar-refractivity contribution is 0.419. The molecule has 0 saturated heterocycles. The maximum absolute atomic E-state index is 6.31. The van der Waals surface area contributed by atoms with E-state index >= 15 is 0 Å². The van der Waals surface area contributed by atoms with E-state index in [1.54, 1.807) is 0 Å². The number of hydrogen-bond acceptors (Lipinski definition) is 1. The fraction of sp³-hybridized carbons (Fsp3) is 0.333. The number of hydrogen-bond donors (Lipinski definition) is 1. The highest BCUT2D eigenvalue weighted by Gasteiger charge is 2.19. The zero-order chi connectivity index (χ0) is 13.9. The summed E-state index contributed by atoms with van der Waals surface area (Å²) in [5.74, 6) is 0.781. The zero-order valence-corrected chi connectivity index (χ0v) is 12.3. The van der Waals surface area contributed by atoms with E-state index < -0.39 is 0 Å². The van der Waals surface area contributed by atoms with Gasteiger partial charge in [0.05, 0.1) is 0 Å². The van der Waals surface area contributed by atoms with E-state index in [0.29, 0.717) is 0 Å². The summed E-state index contributed by atoms with van der Waals surface area (Å²) < 4.78 is 0. The Bertz CT molecular complexity index is 572. The molecule has 1 saturated carbocycles. The van der Waals surface area contributed by atoms with Crippen LogP contribution in [0, 0.1) is 0 Å². The highest BCUT2D eigenvalue weighted by atomic mass is 35.5. The summed E-state index contributed by atoms with van der Waals surface area (Å²) >= 11 is 6.19. The molecule has 0 aliphatic heterocycles. The second kappa shape index (κ2) is 5.99. The van der Waals surface area contributed by atoms with E-state index in [0.717, 1.165) is 22.9 Å². The van der Waals surface area contributed by atoms with E-state index in [1.807, 2.05) is 24.3 Å². The van der Waals surface area contributed by atoms with Crippen LogP contribution < -0.4 is 5.73 Å². The third-order valence-electron chi connectivity index (χ3n) is 4.34. The molecule has 0 radical (unpaired) electrons. The van der Waals surface area contributed by atoms with Crippen LogP contribution in [-0.2, 0) is 6.42 Å². The molecule has 0 heterocycles. The van der Waals surface area contributed by atoms with Crippen molar-refractivity contribution in [2.75, 3.05) is 0 Å². The molecule has 0 amide bonds. The van der Waals surface area contributed by atoms with Gasteiger partial charge in [0, 0.05) is 11.1 Å². The van der Waals surface area contributed by atoms with Crippen molar-refractivity contribution in [2.45, 2.75) is 37.6 Å². The summed E-state index contributed by atoms with van der Waals surface area (Å²) in [6.07, 6.45) is 4.83. The molecule has 1 unspecified atom stereocenters. The number of halogens is 1. The van der Waals surface area contributed by atoms with Gasteiger partial charge in [0.1, 0.15) is 0 Å². The molecule has 104 valence electrons. The highest BCUT2D eigenvalue weighted by molar-refractivity contribution is 6.31. The van der Waals surface area contributed by atoms with Crippen molar-refractivity contribution in [3.05, 3.63) is 70.2 Å². The Morgan fingerprint density at radius 2 is 1.75 bits per heavy atom. The van der Waals surface area contributed by atoms with Crippen LogP contribution in [0.25, 0.3) is 0 Å². The highest BCUT2D eigenvalue weighted by Crippen LogP contribution is 2.36. The summed E-state index contributed by atoms with van der Waals surface area (Å²) in [5, 5.41) is 0.800.